The Balaban J connectivity index is 1.86. The van der Waals surface area contributed by atoms with Gasteiger partial charge in [0.25, 0.3) is 0 Å². The number of hydrogen-bond acceptors (Lipinski definition) is 3. The van der Waals surface area contributed by atoms with Gasteiger partial charge in [-0.15, -0.1) is 0 Å². The number of carbonyl (C=O) groups is 1. The highest BCUT2D eigenvalue weighted by Gasteiger charge is 2.28. The van der Waals surface area contributed by atoms with Crippen molar-refractivity contribution in [2.75, 3.05) is 0 Å². The number of carboxylic acids is 1. The van der Waals surface area contributed by atoms with Crippen molar-refractivity contribution in [1.82, 2.24) is 0 Å². The third kappa shape index (κ3) is 9.70. The van der Waals surface area contributed by atoms with E-state index in [1.165, 1.54) is 30.4 Å². The Morgan fingerprint density at radius 1 is 1.06 bits per heavy atom. The second-order valence-electron chi connectivity index (χ2n) is 9.23. The van der Waals surface area contributed by atoms with E-state index in [0.717, 1.165) is 32.1 Å². The van der Waals surface area contributed by atoms with Crippen molar-refractivity contribution >= 4 is 5.97 Å². The molecular weight excluding hydrogens is 400 g/mol. The molecule has 4 nitrogen and oxygen atoms in total. The molecule has 2 rings (SSSR count). The molecule has 0 amide bonds. The molecule has 1 aromatic carbocycles. The van der Waals surface area contributed by atoms with Crippen molar-refractivity contribution in [2.45, 2.75) is 96.2 Å². The van der Waals surface area contributed by atoms with E-state index < -0.39 is 18.2 Å². The van der Waals surface area contributed by atoms with Crippen LogP contribution in [0.25, 0.3) is 0 Å². The van der Waals surface area contributed by atoms with Gasteiger partial charge in [0.1, 0.15) is 0 Å². The highest BCUT2D eigenvalue weighted by Crippen LogP contribution is 2.35. The summed E-state index contributed by atoms with van der Waals surface area (Å²) < 4.78 is 0. The second kappa shape index (κ2) is 15.0. The smallest absolute Gasteiger partial charge is 0.303 e. The number of aliphatic carboxylic acids is 1. The molecule has 0 bridgehead atoms. The summed E-state index contributed by atoms with van der Waals surface area (Å²) in [5, 5.41) is 29.9. The third-order valence-corrected chi connectivity index (χ3v) is 6.66. The van der Waals surface area contributed by atoms with Gasteiger partial charge in [-0.1, -0.05) is 81.2 Å². The average molecular weight is 443 g/mol. The van der Waals surface area contributed by atoms with E-state index in [0.29, 0.717) is 25.2 Å². The summed E-state index contributed by atoms with van der Waals surface area (Å²) in [4.78, 5) is 10.7. The first-order valence-electron chi connectivity index (χ1n) is 12.5. The summed E-state index contributed by atoms with van der Waals surface area (Å²) in [5.41, 5.74) is 2.56. The maximum atomic E-state index is 10.7. The zero-order chi connectivity index (χ0) is 23.2. The van der Waals surface area contributed by atoms with Crippen molar-refractivity contribution in [3.05, 3.63) is 59.7 Å². The molecule has 4 atom stereocenters. The Kier molecular flexibility index (Phi) is 12.4. The van der Waals surface area contributed by atoms with Crippen LogP contribution in [0.4, 0.5) is 0 Å². The largest absolute Gasteiger partial charge is 0.481 e. The Labute approximate surface area is 194 Å². The van der Waals surface area contributed by atoms with Crippen LogP contribution in [0.15, 0.2) is 48.6 Å². The molecule has 1 aliphatic carbocycles. The summed E-state index contributed by atoms with van der Waals surface area (Å²) in [7, 11) is 0. The SMILES string of the molecule is CCCCCc1ccccc1CC(O)/C=C/C=C/[C@H]1CCCC[C@H]1C(O)CCCC(=O)O. The van der Waals surface area contributed by atoms with Gasteiger partial charge in [0.05, 0.1) is 12.2 Å². The van der Waals surface area contributed by atoms with Crippen molar-refractivity contribution in [3.63, 3.8) is 0 Å². The highest BCUT2D eigenvalue weighted by atomic mass is 16.4. The van der Waals surface area contributed by atoms with Gasteiger partial charge < -0.3 is 15.3 Å². The zero-order valence-electron chi connectivity index (χ0n) is 19.7. The van der Waals surface area contributed by atoms with Crippen LogP contribution in [0.1, 0.15) is 82.3 Å². The van der Waals surface area contributed by atoms with Crippen molar-refractivity contribution in [3.8, 4) is 0 Å². The van der Waals surface area contributed by atoms with E-state index in [-0.39, 0.29) is 12.3 Å². The number of aliphatic hydroxyl groups is 2. The summed E-state index contributed by atoms with van der Waals surface area (Å²) in [6, 6.07) is 8.41. The van der Waals surface area contributed by atoms with Crippen LogP contribution in [-0.4, -0.2) is 33.5 Å². The van der Waals surface area contributed by atoms with Gasteiger partial charge >= 0.3 is 5.97 Å². The minimum absolute atomic E-state index is 0.118. The molecule has 3 N–H and O–H groups in total. The van der Waals surface area contributed by atoms with E-state index in [9.17, 15) is 15.0 Å². The van der Waals surface area contributed by atoms with E-state index in [4.69, 9.17) is 5.11 Å². The Morgan fingerprint density at radius 3 is 2.56 bits per heavy atom. The van der Waals surface area contributed by atoms with Gasteiger partial charge in [-0.05, 0) is 61.5 Å². The number of hydrogen-bond donors (Lipinski definition) is 3. The fourth-order valence-corrected chi connectivity index (χ4v) is 4.84. The minimum Gasteiger partial charge on any atom is -0.481 e. The fourth-order valence-electron chi connectivity index (χ4n) is 4.84. The van der Waals surface area contributed by atoms with E-state index in [1.807, 2.05) is 24.3 Å². The molecule has 1 saturated carbocycles. The summed E-state index contributed by atoms with van der Waals surface area (Å²) in [6.07, 6.45) is 17.8. The average Bonchev–Trinajstić information content (AvgIpc) is 2.78. The molecule has 1 aromatic rings. The third-order valence-electron chi connectivity index (χ3n) is 6.66. The molecule has 178 valence electrons. The Hall–Kier alpha value is -1.91. The molecule has 0 saturated heterocycles. The van der Waals surface area contributed by atoms with E-state index >= 15 is 0 Å². The number of aryl methyl sites for hydroxylation is 1. The van der Waals surface area contributed by atoms with Crippen LogP contribution < -0.4 is 0 Å². The summed E-state index contributed by atoms with van der Waals surface area (Å²) in [6.45, 7) is 2.21. The summed E-state index contributed by atoms with van der Waals surface area (Å²) >= 11 is 0. The predicted octanol–water partition coefficient (Wildman–Crippen LogP) is 5.86. The van der Waals surface area contributed by atoms with Crippen molar-refractivity contribution in [1.29, 1.82) is 0 Å². The van der Waals surface area contributed by atoms with E-state index in [2.05, 4.69) is 31.2 Å². The van der Waals surface area contributed by atoms with Gasteiger partial charge in [-0.2, -0.15) is 0 Å². The normalized spacial score (nSPS) is 21.2. The number of benzene rings is 1. The molecule has 4 heteroatoms. The molecule has 1 aliphatic rings. The molecule has 0 heterocycles. The maximum Gasteiger partial charge on any atom is 0.303 e. The molecule has 2 unspecified atom stereocenters. The maximum absolute atomic E-state index is 10.7. The van der Waals surface area contributed by atoms with Crippen LogP contribution >= 0.6 is 0 Å². The molecule has 0 spiro atoms. The van der Waals surface area contributed by atoms with Crippen molar-refractivity contribution < 1.29 is 20.1 Å². The van der Waals surface area contributed by atoms with Crippen LogP contribution in [0, 0.1) is 11.8 Å². The lowest BCUT2D eigenvalue weighted by Crippen LogP contribution is -2.30. The Bertz CT molecular complexity index is 724. The summed E-state index contributed by atoms with van der Waals surface area (Å²) in [5.74, 6) is -0.295. The number of carboxylic acid groups (broad SMARTS) is 1. The van der Waals surface area contributed by atoms with Crippen LogP contribution in [0.5, 0.6) is 0 Å². The molecular formula is C28H42O4. The lowest BCUT2D eigenvalue weighted by Gasteiger charge is -2.33. The molecule has 0 aromatic heterocycles. The van der Waals surface area contributed by atoms with Crippen LogP contribution in [0.2, 0.25) is 0 Å². The molecule has 0 aliphatic heterocycles. The van der Waals surface area contributed by atoms with Gasteiger partial charge in [-0.3, -0.25) is 4.79 Å². The first kappa shape index (κ1) is 26.3. The fraction of sp³-hybridized carbons (Fsp3) is 0.607. The zero-order valence-corrected chi connectivity index (χ0v) is 19.7. The molecule has 0 radical (unpaired) electrons. The standard InChI is InChI=1S/C28H42O4/c1-2-3-4-12-22-13-5-6-16-24(22)21-25(29)17-9-7-14-23-15-8-10-18-26(23)27(30)19-11-20-28(31)32/h5-7,9,13-14,16-17,23,25-27,29-30H,2-4,8,10-12,15,18-21H2,1H3,(H,31,32)/b14-7+,17-9+/t23-,25?,26+,27?/m0/s1. The van der Waals surface area contributed by atoms with Gasteiger partial charge in [-0.25, -0.2) is 0 Å². The monoisotopic (exact) mass is 442 g/mol. The lowest BCUT2D eigenvalue weighted by molar-refractivity contribution is -0.137. The number of unbranched alkanes of at least 4 members (excludes halogenated alkanes) is 2. The predicted molar refractivity (Wildman–Crippen MR) is 131 cm³/mol. The van der Waals surface area contributed by atoms with Crippen LogP contribution in [0.3, 0.4) is 0 Å². The van der Waals surface area contributed by atoms with Crippen LogP contribution in [-0.2, 0) is 17.6 Å². The first-order chi connectivity index (χ1) is 15.5. The van der Waals surface area contributed by atoms with E-state index in [1.54, 1.807) is 0 Å². The van der Waals surface area contributed by atoms with Gasteiger partial charge in [0.15, 0.2) is 0 Å². The topological polar surface area (TPSA) is 77.8 Å². The number of rotatable bonds is 14. The quantitative estimate of drug-likeness (QED) is 0.249. The molecule has 1 fully saturated rings. The van der Waals surface area contributed by atoms with Gasteiger partial charge in [0.2, 0.25) is 0 Å². The van der Waals surface area contributed by atoms with Crippen molar-refractivity contribution in [2.24, 2.45) is 11.8 Å². The second-order valence-corrected chi connectivity index (χ2v) is 9.23. The highest BCUT2D eigenvalue weighted by molar-refractivity contribution is 5.66. The first-order valence-corrected chi connectivity index (χ1v) is 12.5. The number of allylic oxidation sites excluding steroid dienone is 3. The number of aliphatic hydroxyl groups excluding tert-OH is 2. The molecule has 32 heavy (non-hydrogen) atoms. The van der Waals surface area contributed by atoms with Gasteiger partial charge in [0, 0.05) is 12.8 Å². The Morgan fingerprint density at radius 2 is 1.81 bits per heavy atom. The minimum atomic E-state index is -0.801. The lowest BCUT2D eigenvalue weighted by atomic mass is 9.75.